The van der Waals surface area contributed by atoms with Crippen molar-refractivity contribution in [3.05, 3.63) is 84.5 Å². The van der Waals surface area contributed by atoms with E-state index in [9.17, 15) is 18.4 Å². The highest BCUT2D eigenvalue weighted by molar-refractivity contribution is 5.84. The van der Waals surface area contributed by atoms with Gasteiger partial charge in [-0.2, -0.15) is 0 Å². The van der Waals surface area contributed by atoms with Crippen LogP contribution in [-0.4, -0.2) is 53.2 Å². The summed E-state index contributed by atoms with van der Waals surface area (Å²) >= 11 is 0. The molecule has 0 radical (unpaired) electrons. The molecule has 12 heteroatoms. The number of hydrogen-bond donors (Lipinski definition) is 1. The number of carboxylic acid groups (broad SMARTS) is 1. The Morgan fingerprint density at radius 2 is 1.28 bits per heavy atom. The fourth-order valence-corrected chi connectivity index (χ4v) is 2.35. The minimum atomic E-state index is -1.20. The molecule has 0 saturated carbocycles. The Bertz CT molecular complexity index is 1210. The molecule has 0 unspecified atom stereocenters. The van der Waals surface area contributed by atoms with Crippen molar-refractivity contribution in [2.24, 2.45) is 0 Å². The lowest BCUT2D eigenvalue weighted by Crippen LogP contribution is -2.07. The van der Waals surface area contributed by atoms with E-state index in [4.69, 9.17) is 9.84 Å². The van der Waals surface area contributed by atoms with Gasteiger partial charge in [-0.15, -0.1) is 10.2 Å². The van der Waals surface area contributed by atoms with Gasteiger partial charge in [0.25, 0.3) is 11.6 Å². The summed E-state index contributed by atoms with van der Waals surface area (Å²) in [5.74, 6) is -2.78. The Balaban J connectivity index is 0.000000182. The standard InChI is InChI=1S/C11H10FN3O2.C9H6FN3O2/c1-2-17-11(16)10-13-7-15(14-10)9-5-3-8(12)4-6-9;10-6-1-3-7(4-2-6)13-5-11-8(12-13)9(14)15/h3-7H,2H2,1H3;1-5H,(H,14,15). The van der Waals surface area contributed by atoms with E-state index in [0.29, 0.717) is 11.4 Å². The van der Waals surface area contributed by atoms with Crippen molar-refractivity contribution >= 4 is 11.9 Å². The minimum absolute atomic E-state index is 0.0174. The fraction of sp³-hybridized carbons (Fsp3) is 0.100. The molecule has 2 heterocycles. The van der Waals surface area contributed by atoms with Gasteiger partial charge in [-0.25, -0.2) is 37.7 Å². The predicted molar refractivity (Wildman–Crippen MR) is 106 cm³/mol. The number of halogens is 2. The number of carbonyl (C=O) groups is 2. The first-order chi connectivity index (χ1) is 15.4. The van der Waals surface area contributed by atoms with Gasteiger partial charge in [-0.1, -0.05) is 0 Å². The maximum absolute atomic E-state index is 12.7. The number of carbonyl (C=O) groups excluding carboxylic acids is 1. The van der Waals surface area contributed by atoms with E-state index in [2.05, 4.69) is 20.2 Å². The van der Waals surface area contributed by atoms with Crippen LogP contribution in [-0.2, 0) is 4.74 Å². The zero-order valence-corrected chi connectivity index (χ0v) is 16.6. The Hall–Kier alpha value is -4.48. The number of carboxylic acids is 1. The maximum atomic E-state index is 12.7. The first-order valence-corrected chi connectivity index (χ1v) is 9.13. The van der Waals surface area contributed by atoms with Gasteiger partial charge in [-0.3, -0.25) is 0 Å². The molecule has 0 aliphatic carbocycles. The smallest absolute Gasteiger partial charge is 0.378 e. The van der Waals surface area contributed by atoms with Gasteiger partial charge < -0.3 is 9.84 Å². The van der Waals surface area contributed by atoms with Crippen LogP contribution in [0.5, 0.6) is 0 Å². The van der Waals surface area contributed by atoms with Gasteiger partial charge in [0.2, 0.25) is 0 Å². The van der Waals surface area contributed by atoms with Crippen molar-refractivity contribution in [3.63, 3.8) is 0 Å². The molecule has 0 saturated heterocycles. The molecule has 0 bridgehead atoms. The van der Waals surface area contributed by atoms with E-state index in [1.165, 1.54) is 58.4 Å². The van der Waals surface area contributed by atoms with Crippen LogP contribution in [0.4, 0.5) is 8.78 Å². The number of aromatic nitrogens is 6. The Morgan fingerprint density at radius 1 is 0.844 bits per heavy atom. The zero-order valence-electron chi connectivity index (χ0n) is 16.6. The lowest BCUT2D eigenvalue weighted by Gasteiger charge is -1.99. The SMILES string of the molecule is CCOC(=O)c1ncn(-c2ccc(F)cc2)n1.O=C(O)c1ncn(-c2ccc(F)cc2)n1. The van der Waals surface area contributed by atoms with Crippen LogP contribution in [0.15, 0.2) is 61.2 Å². The average Bonchev–Trinajstić information content (AvgIpc) is 3.46. The molecular formula is C20H16F2N6O4. The fourth-order valence-electron chi connectivity index (χ4n) is 2.35. The summed E-state index contributed by atoms with van der Waals surface area (Å²) in [5.41, 5.74) is 1.17. The third-order valence-corrected chi connectivity index (χ3v) is 3.82. The van der Waals surface area contributed by atoms with E-state index in [-0.39, 0.29) is 29.9 Å². The first kappa shape index (κ1) is 22.2. The van der Waals surface area contributed by atoms with E-state index >= 15 is 0 Å². The van der Waals surface area contributed by atoms with Crippen molar-refractivity contribution in [1.82, 2.24) is 29.5 Å². The number of hydrogen-bond acceptors (Lipinski definition) is 7. The molecule has 2 aromatic carbocycles. The quantitative estimate of drug-likeness (QED) is 0.468. The highest BCUT2D eigenvalue weighted by atomic mass is 19.1. The van der Waals surface area contributed by atoms with Crippen molar-refractivity contribution < 1.29 is 28.2 Å². The third kappa shape index (κ3) is 5.56. The predicted octanol–water partition coefficient (Wildman–Crippen LogP) is 2.69. The van der Waals surface area contributed by atoms with Gasteiger partial charge in [0, 0.05) is 0 Å². The number of nitrogens with zero attached hydrogens (tertiary/aromatic N) is 6. The second-order valence-electron chi connectivity index (χ2n) is 6.00. The molecule has 0 amide bonds. The van der Waals surface area contributed by atoms with Crippen LogP contribution in [0.25, 0.3) is 11.4 Å². The molecule has 0 aliphatic rings. The summed E-state index contributed by atoms with van der Waals surface area (Å²) in [7, 11) is 0. The van der Waals surface area contributed by atoms with E-state index in [0.717, 1.165) is 0 Å². The molecule has 0 atom stereocenters. The number of esters is 1. The topological polar surface area (TPSA) is 125 Å². The van der Waals surface area contributed by atoms with Crippen molar-refractivity contribution in [1.29, 1.82) is 0 Å². The van der Waals surface area contributed by atoms with E-state index in [1.807, 2.05) is 0 Å². The molecule has 0 fully saturated rings. The number of benzene rings is 2. The molecule has 1 N–H and O–H groups in total. The van der Waals surface area contributed by atoms with Gasteiger partial charge in [0.05, 0.1) is 18.0 Å². The molecule has 10 nitrogen and oxygen atoms in total. The Kier molecular flexibility index (Phi) is 6.95. The third-order valence-electron chi connectivity index (χ3n) is 3.82. The molecule has 164 valence electrons. The van der Waals surface area contributed by atoms with E-state index < -0.39 is 11.9 Å². The van der Waals surface area contributed by atoms with Crippen molar-refractivity contribution in [2.45, 2.75) is 6.92 Å². The summed E-state index contributed by atoms with van der Waals surface area (Å²) in [6.45, 7) is 1.97. The maximum Gasteiger partial charge on any atom is 0.378 e. The Labute approximate surface area is 179 Å². The monoisotopic (exact) mass is 442 g/mol. The number of aromatic carboxylic acids is 1. The summed E-state index contributed by atoms with van der Waals surface area (Å²) in [6.07, 6.45) is 2.64. The van der Waals surface area contributed by atoms with Crippen molar-refractivity contribution in [2.75, 3.05) is 6.61 Å². The van der Waals surface area contributed by atoms with Gasteiger partial charge in [0.15, 0.2) is 0 Å². The summed E-state index contributed by atoms with van der Waals surface area (Å²) < 4.78 is 32.7. The van der Waals surface area contributed by atoms with E-state index in [1.54, 1.807) is 19.1 Å². The molecule has 32 heavy (non-hydrogen) atoms. The highest BCUT2D eigenvalue weighted by Gasteiger charge is 2.12. The Morgan fingerprint density at radius 3 is 1.69 bits per heavy atom. The number of rotatable bonds is 5. The van der Waals surface area contributed by atoms with Crippen LogP contribution in [0, 0.1) is 11.6 Å². The average molecular weight is 442 g/mol. The second kappa shape index (κ2) is 10.0. The lowest BCUT2D eigenvalue weighted by atomic mass is 10.3. The summed E-state index contributed by atoms with van der Waals surface area (Å²) in [6, 6.07) is 11.2. The summed E-state index contributed by atoms with van der Waals surface area (Å²) in [4.78, 5) is 29.2. The molecule has 0 spiro atoms. The van der Waals surface area contributed by atoms with Gasteiger partial charge >= 0.3 is 11.9 Å². The second-order valence-corrected chi connectivity index (χ2v) is 6.00. The largest absolute Gasteiger partial charge is 0.475 e. The molecule has 0 aliphatic heterocycles. The normalized spacial score (nSPS) is 10.2. The van der Waals surface area contributed by atoms with Crippen LogP contribution in [0.3, 0.4) is 0 Å². The van der Waals surface area contributed by atoms with Crippen molar-refractivity contribution in [3.8, 4) is 11.4 Å². The summed E-state index contributed by atoms with van der Waals surface area (Å²) in [5, 5.41) is 16.2. The zero-order chi connectivity index (χ0) is 23.1. The van der Waals surface area contributed by atoms with Gasteiger partial charge in [-0.05, 0) is 55.5 Å². The molecular weight excluding hydrogens is 426 g/mol. The number of ether oxygens (including phenoxy) is 1. The van der Waals surface area contributed by atoms with Crippen LogP contribution in [0.2, 0.25) is 0 Å². The highest BCUT2D eigenvalue weighted by Crippen LogP contribution is 2.08. The van der Waals surface area contributed by atoms with Gasteiger partial charge in [0.1, 0.15) is 24.3 Å². The first-order valence-electron chi connectivity index (χ1n) is 9.13. The van der Waals surface area contributed by atoms with Crippen LogP contribution < -0.4 is 0 Å². The molecule has 4 aromatic rings. The minimum Gasteiger partial charge on any atom is -0.475 e. The van der Waals surface area contributed by atoms with Crippen LogP contribution in [0.1, 0.15) is 28.2 Å². The molecule has 4 rings (SSSR count). The van der Waals surface area contributed by atoms with Crippen LogP contribution >= 0.6 is 0 Å². The molecule has 2 aromatic heterocycles. The lowest BCUT2D eigenvalue weighted by molar-refractivity contribution is 0.0511.